The van der Waals surface area contributed by atoms with Crippen molar-refractivity contribution >= 4 is 47.0 Å². The minimum Gasteiger partial charge on any atom is -0.263 e. The number of rotatable bonds is 3. The molecule has 0 aliphatic carbocycles. The van der Waals surface area contributed by atoms with Crippen LogP contribution in [-0.2, 0) is 3.17 Å². The zero-order valence-electron chi connectivity index (χ0n) is 2.87. The summed E-state index contributed by atoms with van der Waals surface area (Å²) < 4.78 is 17.1. The molecule has 0 aromatic carbocycles. The summed E-state index contributed by atoms with van der Waals surface area (Å²) in [5.41, 5.74) is 0. The number of hydrogen-bond acceptors (Lipinski definition) is 2. The van der Waals surface area contributed by atoms with Crippen LogP contribution in [-0.4, -0.2) is 4.51 Å². The van der Waals surface area contributed by atoms with Gasteiger partial charge >= 0.3 is 0 Å². The monoisotopic (exact) mass is 314 g/mol. The fourth-order valence-corrected chi connectivity index (χ4v) is 1.58. The highest BCUT2D eigenvalue weighted by molar-refractivity contribution is 14.2. The Hall–Kier alpha value is 1.05. The molecule has 2 N–H and O–H groups in total. The maximum Gasteiger partial charge on any atom is 0.102 e. The Morgan fingerprint density at radius 3 is 2.67 bits per heavy atom. The van der Waals surface area contributed by atoms with Gasteiger partial charge in [-0.1, -0.05) is 0 Å². The molecule has 0 aromatic heterocycles. The largest absolute Gasteiger partial charge is 0.263 e. The van der Waals surface area contributed by atoms with Crippen LogP contribution in [0.1, 0.15) is 0 Å². The van der Waals surface area contributed by atoms with E-state index in [0.717, 1.165) is 0 Å². The van der Waals surface area contributed by atoms with E-state index in [2.05, 4.69) is 11.4 Å². The minimum atomic E-state index is -0.634. The molecule has 0 fully saturated rings. The van der Waals surface area contributed by atoms with Crippen molar-refractivity contribution in [2.75, 3.05) is 0 Å². The average molecular weight is 314 g/mol. The molecule has 0 amide bonds. The predicted octanol–water partition coefficient (Wildman–Crippen LogP) is 1.47. The lowest BCUT2D eigenvalue weighted by molar-refractivity contribution is 0.416. The third kappa shape index (κ3) is 5.05. The summed E-state index contributed by atoms with van der Waals surface area (Å²) in [5.74, 6) is 0. The Morgan fingerprint density at radius 1 is 1.83 bits per heavy atom. The third-order valence-corrected chi connectivity index (χ3v) is 1.94. The molecule has 0 aliphatic heterocycles. The highest BCUT2D eigenvalue weighted by Crippen LogP contribution is 1.92. The van der Waals surface area contributed by atoms with E-state index in [-0.39, 0.29) is 21.1 Å². The molecule has 0 aromatic rings. The second-order valence-corrected chi connectivity index (χ2v) is 2.40. The van der Waals surface area contributed by atoms with Crippen LogP contribution >= 0.6 is 42.5 Å². The summed E-state index contributed by atoms with van der Waals surface area (Å²) in [7, 11) is 0. The normalized spacial score (nSPS) is 8.67. The van der Waals surface area contributed by atoms with Gasteiger partial charge in [-0.3, -0.25) is 3.56 Å². The summed E-state index contributed by atoms with van der Waals surface area (Å²) in [6, 6.07) is 0. The van der Waals surface area contributed by atoms with E-state index >= 15 is 0 Å². The Kier molecular flexibility index (Phi) is 7.11. The molecular formula is CH4I2N2O. The molecule has 0 radical (unpaired) electrons. The van der Waals surface area contributed by atoms with Crippen LogP contribution in [0.25, 0.3) is 0 Å². The predicted molar refractivity (Wildman–Crippen MR) is 42.1 cm³/mol. The summed E-state index contributed by atoms with van der Waals surface area (Å²) in [6.45, 7) is 0. The summed E-state index contributed by atoms with van der Waals surface area (Å²) in [4.78, 5) is 0. The molecule has 0 atom stereocenters. The van der Waals surface area contributed by atoms with Crippen LogP contribution in [0.3, 0.4) is 0 Å². The maximum absolute atomic E-state index is 6.57. The highest BCUT2D eigenvalue weighted by atomic mass is 127. The first kappa shape index (κ1) is 7.05. The summed E-state index contributed by atoms with van der Waals surface area (Å²) >= 11 is -0.986. The van der Waals surface area contributed by atoms with Crippen molar-refractivity contribution in [3.8, 4) is 0 Å². The van der Waals surface area contributed by atoms with Crippen molar-refractivity contribution in [3.05, 3.63) is 0 Å². The van der Waals surface area contributed by atoms with Crippen molar-refractivity contribution in [1.82, 2.24) is 3.69 Å². The molecule has 0 unspecified atom stereocenters. The zero-order valence-corrected chi connectivity index (χ0v) is 7.19. The fraction of sp³-hybridized carbons (Fsp3) is 0. The molecule has 0 bridgehead atoms. The second-order valence-electron chi connectivity index (χ2n) is 0.358. The molecular weight excluding hydrogens is 310 g/mol. The molecule has 38 valence electrons. The topological polar surface area (TPSA) is 45.1 Å². The lowest BCUT2D eigenvalue weighted by Crippen LogP contribution is -1.85. The van der Waals surface area contributed by atoms with E-state index in [1.807, 2.05) is 0 Å². The van der Waals surface area contributed by atoms with Crippen LogP contribution in [0, 0.1) is 3.56 Å². The lowest BCUT2D eigenvalue weighted by atomic mass is 12.0. The molecule has 0 heterocycles. The first-order chi connectivity index (χ1) is 2.91. The molecule has 0 rings (SSSR count). The Bertz CT molecular complexity index is 47.5. The van der Waals surface area contributed by atoms with Crippen molar-refractivity contribution in [3.63, 3.8) is 0 Å². The quantitative estimate of drug-likeness (QED) is 0.359. The maximum atomic E-state index is 6.57. The van der Waals surface area contributed by atoms with Crippen molar-refractivity contribution < 1.29 is 3.17 Å². The van der Waals surface area contributed by atoms with Gasteiger partial charge in [0.2, 0.25) is 0 Å². The van der Waals surface area contributed by atoms with Gasteiger partial charge in [0, 0.05) is 0 Å². The van der Waals surface area contributed by atoms with Gasteiger partial charge in [-0.15, -0.1) is 3.69 Å². The van der Waals surface area contributed by atoms with Gasteiger partial charge in [-0.05, 0) is 4.51 Å². The van der Waals surface area contributed by atoms with Gasteiger partial charge in [0.05, 0.1) is 21.1 Å². The Morgan fingerprint density at radius 2 is 2.50 bits per heavy atom. The molecule has 0 aliphatic rings. The smallest absolute Gasteiger partial charge is 0.102 e. The lowest BCUT2D eigenvalue weighted by Gasteiger charge is -1.81. The molecule has 3 nitrogen and oxygen atoms in total. The van der Waals surface area contributed by atoms with E-state index < -0.39 is 21.3 Å². The zero-order chi connectivity index (χ0) is 4.83. The minimum absolute atomic E-state index is 0.353. The van der Waals surface area contributed by atoms with Crippen LogP contribution < -0.4 is 3.69 Å². The van der Waals surface area contributed by atoms with E-state index in [9.17, 15) is 0 Å². The first-order valence-electron chi connectivity index (χ1n) is 1.00. The van der Waals surface area contributed by atoms with Crippen LogP contribution in [0.4, 0.5) is 0 Å². The van der Waals surface area contributed by atoms with E-state index in [1.54, 1.807) is 0 Å². The molecule has 5 heteroatoms. The molecule has 0 saturated heterocycles. The second kappa shape index (κ2) is 6.05. The fourth-order valence-electron chi connectivity index (χ4n) is 0.0352. The van der Waals surface area contributed by atoms with E-state index in [1.165, 1.54) is 0 Å². The number of halogens is 2. The van der Waals surface area contributed by atoms with E-state index in [4.69, 9.17) is 3.56 Å². The van der Waals surface area contributed by atoms with Gasteiger partial charge in [0.25, 0.3) is 0 Å². The van der Waals surface area contributed by atoms with Gasteiger partial charge in [0.15, 0.2) is 0 Å². The van der Waals surface area contributed by atoms with Crippen molar-refractivity contribution in [2.24, 2.45) is 0 Å². The summed E-state index contributed by atoms with van der Waals surface area (Å²) in [6.07, 6.45) is 0. The number of nitrogens with one attached hydrogen (secondary N) is 2. The molecule has 6 heavy (non-hydrogen) atoms. The van der Waals surface area contributed by atoms with Gasteiger partial charge < -0.3 is 0 Å². The first-order valence-corrected chi connectivity index (χ1v) is 5.57. The van der Waals surface area contributed by atoms with Crippen LogP contribution in [0.2, 0.25) is 0 Å². The Labute approximate surface area is 57.0 Å². The van der Waals surface area contributed by atoms with Gasteiger partial charge in [-0.25, -0.2) is 3.17 Å². The number of hydrogen-bond donors (Lipinski definition) is 2. The van der Waals surface area contributed by atoms with Crippen LogP contribution in [0.15, 0.2) is 0 Å². The van der Waals surface area contributed by atoms with Crippen LogP contribution in [0.5, 0.6) is 0 Å². The average Bonchev–Trinajstić information content (AvgIpc) is 1.61. The van der Waals surface area contributed by atoms with E-state index in [0.29, 0.717) is 0 Å². The SMILES string of the molecule is C=IONI=N. The molecule has 0 saturated carbocycles. The summed E-state index contributed by atoms with van der Waals surface area (Å²) in [5, 5.41) is 0. The standard InChI is InChI=1S/CH4I2N2O/c1-2-6-5-3-4/h1H2,(H2,4,5). The molecule has 0 spiro atoms. The van der Waals surface area contributed by atoms with Crippen molar-refractivity contribution in [1.29, 1.82) is 3.56 Å². The van der Waals surface area contributed by atoms with Gasteiger partial charge in [-0.2, -0.15) is 0 Å². The third-order valence-electron chi connectivity index (χ3n) is 0.122. The van der Waals surface area contributed by atoms with Gasteiger partial charge in [0.1, 0.15) is 21.3 Å². The highest BCUT2D eigenvalue weighted by Gasteiger charge is 1.62. The van der Waals surface area contributed by atoms with Crippen molar-refractivity contribution in [2.45, 2.75) is 0 Å². The Balaban J connectivity index is 2.66.